The molecule has 0 radical (unpaired) electrons. The van der Waals surface area contributed by atoms with Crippen molar-refractivity contribution in [3.05, 3.63) is 35.9 Å². The molecule has 2 rings (SSSR count). The van der Waals surface area contributed by atoms with Crippen molar-refractivity contribution in [1.82, 2.24) is 4.90 Å². The molecule has 1 saturated heterocycles. The van der Waals surface area contributed by atoms with Crippen LogP contribution in [0, 0.1) is 5.92 Å². The third kappa shape index (κ3) is 5.31. The molecule has 1 aliphatic rings. The molecule has 4 N–H and O–H groups in total. The Morgan fingerprint density at radius 3 is 2.32 bits per heavy atom. The smallest absolute Gasteiger partial charge is 0.239 e. The number of primary amides is 1. The molecule has 1 aromatic carbocycles. The molecular weight excluding hydrogens is 302 g/mol. The fourth-order valence-electron chi connectivity index (χ4n) is 2.83. The maximum atomic E-state index is 12.3. The Balaban J connectivity index is 0.00000242. The molecule has 2 amide bonds. The van der Waals surface area contributed by atoms with Crippen LogP contribution in [0.2, 0.25) is 0 Å². The Kier molecular flexibility index (Phi) is 7.35. The monoisotopic (exact) mass is 325 g/mol. The molecule has 1 aliphatic heterocycles. The quantitative estimate of drug-likeness (QED) is 0.849. The summed E-state index contributed by atoms with van der Waals surface area (Å²) in [4.78, 5) is 25.1. The van der Waals surface area contributed by atoms with Gasteiger partial charge >= 0.3 is 0 Å². The van der Waals surface area contributed by atoms with E-state index in [4.69, 9.17) is 11.5 Å². The van der Waals surface area contributed by atoms with E-state index in [1.165, 1.54) is 0 Å². The predicted octanol–water partition coefficient (Wildman–Crippen LogP) is 1.09. The number of hydrogen-bond donors (Lipinski definition) is 2. The molecule has 0 aromatic heterocycles. The van der Waals surface area contributed by atoms with E-state index in [9.17, 15) is 9.59 Å². The van der Waals surface area contributed by atoms with E-state index in [0.29, 0.717) is 31.8 Å². The molecule has 0 saturated carbocycles. The summed E-state index contributed by atoms with van der Waals surface area (Å²) >= 11 is 0. The van der Waals surface area contributed by atoms with Gasteiger partial charge < -0.3 is 16.4 Å². The van der Waals surface area contributed by atoms with Crippen LogP contribution in [-0.4, -0.2) is 35.8 Å². The number of likely N-dealkylation sites (tertiary alicyclic amines) is 1. The highest BCUT2D eigenvalue weighted by molar-refractivity contribution is 5.85. The minimum Gasteiger partial charge on any atom is -0.370 e. The number of nitrogens with zero attached hydrogens (tertiary/aromatic N) is 1. The Labute approximate surface area is 137 Å². The molecule has 5 nitrogen and oxygen atoms in total. The summed E-state index contributed by atoms with van der Waals surface area (Å²) in [6.45, 7) is 1.33. The Bertz CT molecular complexity index is 487. The SMILES string of the molecule is Cl.NC(=O)CC1CCN(C(=O)C(N)Cc2ccccc2)CC1. The zero-order valence-electron chi connectivity index (χ0n) is 12.6. The van der Waals surface area contributed by atoms with Gasteiger partial charge in [-0.3, -0.25) is 9.59 Å². The third-order valence-corrected chi connectivity index (χ3v) is 4.03. The van der Waals surface area contributed by atoms with E-state index < -0.39 is 6.04 Å². The first-order valence-electron chi connectivity index (χ1n) is 7.43. The van der Waals surface area contributed by atoms with E-state index in [1.807, 2.05) is 35.2 Å². The lowest BCUT2D eigenvalue weighted by atomic mass is 9.92. The van der Waals surface area contributed by atoms with Crippen molar-refractivity contribution in [2.45, 2.75) is 31.7 Å². The summed E-state index contributed by atoms with van der Waals surface area (Å²) in [7, 11) is 0. The minimum atomic E-state index is -0.500. The van der Waals surface area contributed by atoms with Crippen molar-refractivity contribution in [1.29, 1.82) is 0 Å². The van der Waals surface area contributed by atoms with Gasteiger partial charge in [0.15, 0.2) is 0 Å². The molecule has 6 heteroatoms. The van der Waals surface area contributed by atoms with Gasteiger partial charge in [-0.05, 0) is 30.7 Å². The van der Waals surface area contributed by atoms with E-state index in [0.717, 1.165) is 18.4 Å². The van der Waals surface area contributed by atoms with Crippen LogP contribution in [0.1, 0.15) is 24.8 Å². The van der Waals surface area contributed by atoms with Crippen LogP contribution in [0.25, 0.3) is 0 Å². The standard InChI is InChI=1S/C16H23N3O2.ClH/c17-14(10-12-4-2-1-3-5-12)16(21)19-8-6-13(7-9-19)11-15(18)20;/h1-5,13-14H,6-11,17H2,(H2,18,20);1H. The molecule has 1 unspecified atom stereocenters. The predicted molar refractivity (Wildman–Crippen MR) is 88.5 cm³/mol. The van der Waals surface area contributed by atoms with Crippen molar-refractivity contribution in [3.63, 3.8) is 0 Å². The summed E-state index contributed by atoms with van der Waals surface area (Å²) in [5.41, 5.74) is 12.3. The fourth-order valence-corrected chi connectivity index (χ4v) is 2.83. The average Bonchev–Trinajstić information content (AvgIpc) is 2.47. The molecule has 1 fully saturated rings. The summed E-state index contributed by atoms with van der Waals surface area (Å²) in [6.07, 6.45) is 2.62. The number of carbonyl (C=O) groups is 2. The Hall–Kier alpha value is -1.59. The number of carbonyl (C=O) groups excluding carboxylic acids is 2. The van der Waals surface area contributed by atoms with E-state index in [-0.39, 0.29) is 24.2 Å². The summed E-state index contributed by atoms with van der Waals surface area (Å²) < 4.78 is 0. The van der Waals surface area contributed by atoms with Crippen molar-refractivity contribution >= 4 is 24.2 Å². The summed E-state index contributed by atoms with van der Waals surface area (Å²) in [5.74, 6) is 0.0360. The largest absolute Gasteiger partial charge is 0.370 e. The minimum absolute atomic E-state index is 0. The zero-order chi connectivity index (χ0) is 15.2. The third-order valence-electron chi connectivity index (χ3n) is 4.03. The Morgan fingerprint density at radius 1 is 1.18 bits per heavy atom. The Morgan fingerprint density at radius 2 is 1.77 bits per heavy atom. The van der Waals surface area contributed by atoms with Crippen LogP contribution in [-0.2, 0) is 16.0 Å². The van der Waals surface area contributed by atoms with Gasteiger partial charge in [0.05, 0.1) is 6.04 Å². The molecule has 1 heterocycles. The first-order valence-corrected chi connectivity index (χ1v) is 7.43. The lowest BCUT2D eigenvalue weighted by Crippen LogP contribution is -2.48. The topological polar surface area (TPSA) is 89.4 Å². The molecule has 122 valence electrons. The summed E-state index contributed by atoms with van der Waals surface area (Å²) in [6, 6.07) is 9.29. The number of piperidine rings is 1. The van der Waals surface area contributed by atoms with Crippen LogP contribution in [0.15, 0.2) is 30.3 Å². The van der Waals surface area contributed by atoms with Crippen molar-refractivity contribution in [3.8, 4) is 0 Å². The molecule has 0 aliphatic carbocycles. The highest BCUT2D eigenvalue weighted by atomic mass is 35.5. The number of nitrogens with two attached hydrogens (primary N) is 2. The first-order chi connectivity index (χ1) is 10.1. The van der Waals surface area contributed by atoms with E-state index in [1.54, 1.807) is 0 Å². The van der Waals surface area contributed by atoms with Crippen molar-refractivity contribution in [2.24, 2.45) is 17.4 Å². The van der Waals surface area contributed by atoms with Crippen molar-refractivity contribution in [2.75, 3.05) is 13.1 Å². The number of hydrogen-bond acceptors (Lipinski definition) is 3. The van der Waals surface area contributed by atoms with Gasteiger partial charge in [-0.1, -0.05) is 30.3 Å². The highest BCUT2D eigenvalue weighted by Crippen LogP contribution is 2.20. The first kappa shape index (κ1) is 18.5. The number of amides is 2. The number of benzene rings is 1. The second-order valence-electron chi connectivity index (χ2n) is 5.74. The van der Waals surface area contributed by atoms with Gasteiger partial charge in [-0.2, -0.15) is 0 Å². The van der Waals surface area contributed by atoms with Crippen LogP contribution in [0.3, 0.4) is 0 Å². The van der Waals surface area contributed by atoms with Gasteiger partial charge in [0.2, 0.25) is 11.8 Å². The molecule has 22 heavy (non-hydrogen) atoms. The number of rotatable bonds is 5. The fraction of sp³-hybridized carbons (Fsp3) is 0.500. The van der Waals surface area contributed by atoms with E-state index in [2.05, 4.69) is 0 Å². The van der Waals surface area contributed by atoms with Gasteiger partial charge in [-0.25, -0.2) is 0 Å². The number of halogens is 1. The molecule has 1 aromatic rings. The lowest BCUT2D eigenvalue weighted by molar-refractivity contribution is -0.134. The second-order valence-corrected chi connectivity index (χ2v) is 5.74. The van der Waals surface area contributed by atoms with Crippen LogP contribution in [0.4, 0.5) is 0 Å². The lowest BCUT2D eigenvalue weighted by Gasteiger charge is -2.33. The maximum Gasteiger partial charge on any atom is 0.239 e. The molecule has 0 spiro atoms. The van der Waals surface area contributed by atoms with Gasteiger partial charge in [-0.15, -0.1) is 12.4 Å². The maximum absolute atomic E-state index is 12.3. The average molecular weight is 326 g/mol. The van der Waals surface area contributed by atoms with Gasteiger partial charge in [0.1, 0.15) is 0 Å². The van der Waals surface area contributed by atoms with Gasteiger partial charge in [0, 0.05) is 19.5 Å². The normalized spacial score (nSPS) is 16.7. The van der Waals surface area contributed by atoms with Gasteiger partial charge in [0.25, 0.3) is 0 Å². The van der Waals surface area contributed by atoms with Crippen LogP contribution in [0.5, 0.6) is 0 Å². The molecule has 0 bridgehead atoms. The molecular formula is C16H24ClN3O2. The van der Waals surface area contributed by atoms with E-state index >= 15 is 0 Å². The van der Waals surface area contributed by atoms with Crippen molar-refractivity contribution < 1.29 is 9.59 Å². The highest BCUT2D eigenvalue weighted by Gasteiger charge is 2.26. The van der Waals surface area contributed by atoms with Crippen LogP contribution < -0.4 is 11.5 Å². The summed E-state index contributed by atoms with van der Waals surface area (Å²) in [5, 5.41) is 0. The molecule has 1 atom stereocenters. The van der Waals surface area contributed by atoms with Crippen LogP contribution >= 0.6 is 12.4 Å². The zero-order valence-corrected chi connectivity index (χ0v) is 13.4. The second kappa shape index (κ2) is 8.76.